The quantitative estimate of drug-likeness (QED) is 0.507. The predicted octanol–water partition coefficient (Wildman–Crippen LogP) is 4.91. The lowest BCUT2D eigenvalue weighted by atomic mass is 10.2. The van der Waals surface area contributed by atoms with Gasteiger partial charge in [0.15, 0.2) is 5.82 Å². The molecule has 3 aromatic rings. The molecule has 2 heterocycles. The first-order valence-electron chi connectivity index (χ1n) is 6.12. The van der Waals surface area contributed by atoms with E-state index in [0.717, 1.165) is 26.9 Å². The summed E-state index contributed by atoms with van der Waals surface area (Å²) < 4.78 is 40.8. The third kappa shape index (κ3) is 2.67. The van der Waals surface area contributed by atoms with E-state index in [1.807, 2.05) is 18.2 Å². The number of pyridine rings is 1. The molecule has 114 valence electrons. The van der Waals surface area contributed by atoms with Gasteiger partial charge in [0.1, 0.15) is 5.69 Å². The topological polar surface area (TPSA) is 30.7 Å². The van der Waals surface area contributed by atoms with E-state index in [-0.39, 0.29) is 10.7 Å². The van der Waals surface area contributed by atoms with Crippen LogP contribution in [0.15, 0.2) is 30.5 Å². The number of hydrogen-bond donors (Lipinski definition) is 0. The highest BCUT2D eigenvalue weighted by atomic mass is 127. The minimum absolute atomic E-state index is 0.0806. The van der Waals surface area contributed by atoms with E-state index in [1.165, 1.54) is 0 Å². The van der Waals surface area contributed by atoms with Crippen LogP contribution in [0.1, 0.15) is 5.56 Å². The van der Waals surface area contributed by atoms with Crippen LogP contribution in [-0.2, 0) is 13.2 Å². The van der Waals surface area contributed by atoms with E-state index < -0.39 is 11.7 Å². The molecule has 0 N–H and O–H groups in total. The highest BCUT2D eigenvalue weighted by molar-refractivity contribution is 14.1. The molecule has 0 radical (unpaired) electrons. The van der Waals surface area contributed by atoms with E-state index in [2.05, 4.69) is 32.6 Å². The SMILES string of the molecule is Cn1c(-c2ncc(C(F)(F)F)cc2Cl)nc2cc(I)ccc21. The molecular weight excluding hydrogens is 430 g/mol. The van der Waals surface area contributed by atoms with Crippen molar-refractivity contribution in [2.45, 2.75) is 6.18 Å². The number of hydrogen-bond acceptors (Lipinski definition) is 2. The van der Waals surface area contributed by atoms with Crippen molar-refractivity contribution in [1.29, 1.82) is 0 Å². The molecule has 0 bridgehead atoms. The Balaban J connectivity index is 2.17. The van der Waals surface area contributed by atoms with Crippen LogP contribution in [0.25, 0.3) is 22.6 Å². The van der Waals surface area contributed by atoms with Gasteiger partial charge < -0.3 is 4.57 Å². The normalized spacial score (nSPS) is 12.1. The summed E-state index contributed by atoms with van der Waals surface area (Å²) in [4.78, 5) is 8.28. The van der Waals surface area contributed by atoms with Crippen molar-refractivity contribution in [2.75, 3.05) is 0 Å². The Kier molecular flexibility index (Phi) is 3.80. The summed E-state index contributed by atoms with van der Waals surface area (Å²) in [6, 6.07) is 6.58. The van der Waals surface area contributed by atoms with Gasteiger partial charge in [-0.25, -0.2) is 4.98 Å². The van der Waals surface area contributed by atoms with Crippen molar-refractivity contribution in [1.82, 2.24) is 14.5 Å². The fourth-order valence-corrected chi connectivity index (χ4v) is 2.87. The molecule has 0 atom stereocenters. The highest BCUT2D eigenvalue weighted by Gasteiger charge is 2.32. The number of benzene rings is 1. The summed E-state index contributed by atoms with van der Waals surface area (Å²) in [5.41, 5.74) is 0.938. The smallest absolute Gasteiger partial charge is 0.326 e. The second kappa shape index (κ2) is 5.38. The zero-order valence-corrected chi connectivity index (χ0v) is 14.0. The van der Waals surface area contributed by atoms with E-state index in [1.54, 1.807) is 11.6 Å². The molecule has 0 fully saturated rings. The fourth-order valence-electron chi connectivity index (χ4n) is 2.14. The molecule has 0 amide bonds. The number of fused-ring (bicyclic) bond motifs is 1. The van der Waals surface area contributed by atoms with E-state index in [9.17, 15) is 13.2 Å². The van der Waals surface area contributed by atoms with Crippen LogP contribution in [0.2, 0.25) is 5.02 Å². The van der Waals surface area contributed by atoms with Gasteiger partial charge in [-0.05, 0) is 46.9 Å². The molecule has 3 nitrogen and oxygen atoms in total. The van der Waals surface area contributed by atoms with Gasteiger partial charge in [-0.15, -0.1) is 0 Å². The Morgan fingerprint density at radius 2 is 1.95 bits per heavy atom. The fraction of sp³-hybridized carbons (Fsp3) is 0.143. The Morgan fingerprint density at radius 1 is 1.23 bits per heavy atom. The molecule has 22 heavy (non-hydrogen) atoms. The van der Waals surface area contributed by atoms with Crippen molar-refractivity contribution in [3.63, 3.8) is 0 Å². The molecular formula is C14H8ClF3IN3. The number of rotatable bonds is 1. The Labute approximate surface area is 142 Å². The molecule has 8 heteroatoms. The second-order valence-corrected chi connectivity index (χ2v) is 6.33. The van der Waals surface area contributed by atoms with Crippen molar-refractivity contribution >= 4 is 45.2 Å². The molecule has 0 aliphatic heterocycles. The number of nitrogens with zero attached hydrogens (tertiary/aromatic N) is 3. The summed E-state index contributed by atoms with van der Waals surface area (Å²) in [6.07, 6.45) is -3.71. The maximum Gasteiger partial charge on any atom is 0.417 e. The second-order valence-electron chi connectivity index (χ2n) is 4.68. The first-order valence-corrected chi connectivity index (χ1v) is 7.58. The van der Waals surface area contributed by atoms with Crippen molar-refractivity contribution < 1.29 is 13.2 Å². The number of aromatic nitrogens is 3. The van der Waals surface area contributed by atoms with E-state index in [0.29, 0.717) is 5.82 Å². The van der Waals surface area contributed by atoms with Crippen LogP contribution >= 0.6 is 34.2 Å². The molecule has 0 aliphatic carbocycles. The van der Waals surface area contributed by atoms with Gasteiger partial charge in [0, 0.05) is 16.8 Å². The van der Waals surface area contributed by atoms with Crippen molar-refractivity contribution in [2.24, 2.45) is 7.05 Å². The van der Waals surface area contributed by atoms with Crippen LogP contribution in [-0.4, -0.2) is 14.5 Å². The van der Waals surface area contributed by atoms with Crippen molar-refractivity contribution in [3.8, 4) is 11.5 Å². The summed E-state index contributed by atoms with van der Waals surface area (Å²) in [5, 5.41) is -0.0806. The van der Waals surface area contributed by atoms with Gasteiger partial charge in [0.25, 0.3) is 0 Å². The molecule has 0 spiro atoms. The molecule has 2 aromatic heterocycles. The molecule has 1 aromatic carbocycles. The van der Waals surface area contributed by atoms with Crippen LogP contribution in [0.3, 0.4) is 0 Å². The summed E-state index contributed by atoms with van der Waals surface area (Å²) in [7, 11) is 1.77. The maximum atomic E-state index is 12.7. The van der Waals surface area contributed by atoms with Gasteiger partial charge in [0.2, 0.25) is 0 Å². The summed E-state index contributed by atoms with van der Waals surface area (Å²) in [5.74, 6) is 0.427. The Morgan fingerprint density at radius 3 is 2.59 bits per heavy atom. The van der Waals surface area contributed by atoms with Crippen LogP contribution < -0.4 is 0 Å². The monoisotopic (exact) mass is 437 g/mol. The zero-order chi connectivity index (χ0) is 16.1. The Bertz CT molecular complexity index is 874. The van der Waals surface area contributed by atoms with Crippen molar-refractivity contribution in [3.05, 3.63) is 44.6 Å². The van der Waals surface area contributed by atoms with Gasteiger partial charge in [-0.1, -0.05) is 11.6 Å². The van der Waals surface area contributed by atoms with Gasteiger partial charge in [0.05, 0.1) is 21.6 Å². The predicted molar refractivity (Wildman–Crippen MR) is 86.7 cm³/mol. The van der Waals surface area contributed by atoms with Gasteiger partial charge >= 0.3 is 6.18 Å². The van der Waals surface area contributed by atoms with Crippen LogP contribution in [0.5, 0.6) is 0 Å². The molecule has 0 saturated heterocycles. The highest BCUT2D eigenvalue weighted by Crippen LogP contribution is 2.34. The average molecular weight is 438 g/mol. The van der Waals surface area contributed by atoms with E-state index in [4.69, 9.17) is 11.6 Å². The number of imidazole rings is 1. The van der Waals surface area contributed by atoms with Crippen LogP contribution in [0, 0.1) is 3.57 Å². The van der Waals surface area contributed by atoms with Crippen LogP contribution in [0.4, 0.5) is 13.2 Å². The maximum absolute atomic E-state index is 12.7. The third-order valence-corrected chi connectivity index (χ3v) is 4.18. The zero-order valence-electron chi connectivity index (χ0n) is 11.1. The standard InChI is InChI=1S/C14H8ClF3IN3/c1-22-11-3-2-8(19)5-10(11)21-13(22)12-9(15)4-7(6-20-12)14(16,17)18/h2-6H,1H3. The molecule has 3 rings (SSSR count). The third-order valence-electron chi connectivity index (χ3n) is 3.22. The molecule has 0 aliphatic rings. The van der Waals surface area contributed by atoms with Gasteiger partial charge in [-0.2, -0.15) is 13.2 Å². The minimum Gasteiger partial charge on any atom is -0.326 e. The lowest BCUT2D eigenvalue weighted by molar-refractivity contribution is -0.137. The molecule has 0 unspecified atom stereocenters. The summed E-state index contributed by atoms with van der Waals surface area (Å²) >= 11 is 8.15. The first-order chi connectivity index (χ1) is 10.3. The first kappa shape index (κ1) is 15.5. The summed E-state index contributed by atoms with van der Waals surface area (Å²) in [6.45, 7) is 0. The Hall–Kier alpha value is -1.35. The number of halogens is 5. The number of aryl methyl sites for hydroxylation is 1. The minimum atomic E-state index is -4.47. The lowest BCUT2D eigenvalue weighted by Gasteiger charge is -2.09. The largest absolute Gasteiger partial charge is 0.417 e. The van der Waals surface area contributed by atoms with Gasteiger partial charge in [-0.3, -0.25) is 4.98 Å². The van der Waals surface area contributed by atoms with E-state index >= 15 is 0 Å². The molecule has 0 saturated carbocycles. The lowest BCUT2D eigenvalue weighted by Crippen LogP contribution is -2.06. The average Bonchev–Trinajstić information content (AvgIpc) is 2.74. The number of alkyl halides is 3.